The molecule has 0 aliphatic carbocycles. The fourth-order valence-electron chi connectivity index (χ4n) is 3.65. The lowest BCUT2D eigenvalue weighted by molar-refractivity contribution is 0.101. The fraction of sp³-hybridized carbons (Fsp3) is 0.348. The van der Waals surface area contributed by atoms with Crippen molar-refractivity contribution < 1.29 is 9.32 Å². The minimum Gasteiger partial charge on any atom is -0.369 e. The van der Waals surface area contributed by atoms with Gasteiger partial charge in [0.2, 0.25) is 11.7 Å². The number of nitrogens with zero attached hydrogens (tertiary/aromatic N) is 4. The fourth-order valence-corrected chi connectivity index (χ4v) is 3.65. The molecule has 1 fully saturated rings. The molecule has 1 aromatic heterocycles. The highest BCUT2D eigenvalue weighted by atomic mass is 16.5. The van der Waals surface area contributed by atoms with Crippen LogP contribution in [0, 0.1) is 0 Å². The van der Waals surface area contributed by atoms with Gasteiger partial charge in [0.15, 0.2) is 5.78 Å². The molecular weight excluding hydrogens is 364 g/mol. The zero-order valence-corrected chi connectivity index (χ0v) is 16.8. The van der Waals surface area contributed by atoms with Crippen molar-refractivity contribution in [2.45, 2.75) is 19.8 Å². The summed E-state index contributed by atoms with van der Waals surface area (Å²) in [5.74, 6) is 1.47. The zero-order valence-electron chi connectivity index (χ0n) is 16.8. The van der Waals surface area contributed by atoms with Crippen LogP contribution in [0.5, 0.6) is 0 Å². The van der Waals surface area contributed by atoms with Crippen LogP contribution in [0.2, 0.25) is 0 Å². The molecule has 0 saturated carbocycles. The van der Waals surface area contributed by atoms with Gasteiger partial charge < -0.3 is 9.42 Å². The number of carbonyl (C=O) groups is 1. The van der Waals surface area contributed by atoms with E-state index in [0.29, 0.717) is 11.7 Å². The number of hydrogen-bond acceptors (Lipinski definition) is 6. The largest absolute Gasteiger partial charge is 0.369 e. The molecule has 0 N–H and O–H groups in total. The second-order valence-corrected chi connectivity index (χ2v) is 7.41. The van der Waals surface area contributed by atoms with Crippen molar-refractivity contribution >= 4 is 11.5 Å². The van der Waals surface area contributed by atoms with Crippen LogP contribution in [0.4, 0.5) is 5.69 Å². The molecule has 0 amide bonds. The first-order chi connectivity index (χ1) is 14.2. The molecule has 1 saturated heterocycles. The quantitative estimate of drug-likeness (QED) is 0.574. The van der Waals surface area contributed by atoms with Crippen LogP contribution in [-0.2, 0) is 6.42 Å². The van der Waals surface area contributed by atoms with Gasteiger partial charge in [0, 0.05) is 49.4 Å². The average Bonchev–Trinajstić information content (AvgIpc) is 3.24. The maximum Gasteiger partial charge on any atom is 0.227 e. The predicted octanol–water partition coefficient (Wildman–Crippen LogP) is 3.69. The number of ketones is 1. The minimum absolute atomic E-state index is 0.110. The van der Waals surface area contributed by atoms with Crippen LogP contribution in [0.1, 0.15) is 29.6 Å². The van der Waals surface area contributed by atoms with E-state index in [9.17, 15) is 4.79 Å². The van der Waals surface area contributed by atoms with E-state index in [1.165, 1.54) is 5.69 Å². The number of carbonyl (C=O) groups excluding carboxylic acids is 1. The third kappa shape index (κ3) is 4.90. The van der Waals surface area contributed by atoms with Gasteiger partial charge in [-0.1, -0.05) is 35.5 Å². The van der Waals surface area contributed by atoms with Crippen molar-refractivity contribution in [3.8, 4) is 11.4 Å². The first-order valence-electron chi connectivity index (χ1n) is 10.2. The SMILES string of the molecule is CC(=O)c1ccc(N2CCN(CCCc3nc(-c4ccccc4)no3)CC2)cc1. The summed E-state index contributed by atoms with van der Waals surface area (Å²) in [7, 11) is 0. The van der Waals surface area contributed by atoms with Crippen LogP contribution in [0.15, 0.2) is 59.1 Å². The lowest BCUT2D eigenvalue weighted by atomic mass is 10.1. The van der Waals surface area contributed by atoms with Crippen molar-refractivity contribution in [1.82, 2.24) is 15.0 Å². The number of piperazine rings is 1. The highest BCUT2D eigenvalue weighted by Gasteiger charge is 2.17. The maximum atomic E-state index is 11.4. The first kappa shape index (κ1) is 19.3. The molecule has 1 aliphatic heterocycles. The number of benzene rings is 2. The summed E-state index contributed by atoms with van der Waals surface area (Å²) in [6.07, 6.45) is 1.80. The second kappa shape index (κ2) is 9.01. The summed E-state index contributed by atoms with van der Waals surface area (Å²) >= 11 is 0. The molecule has 3 aromatic rings. The van der Waals surface area contributed by atoms with E-state index in [2.05, 4.69) is 19.9 Å². The number of rotatable bonds is 7. The number of aryl methyl sites for hydroxylation is 1. The summed E-state index contributed by atoms with van der Waals surface area (Å²) in [4.78, 5) is 20.8. The summed E-state index contributed by atoms with van der Waals surface area (Å²) < 4.78 is 5.40. The molecular formula is C23H26N4O2. The molecule has 150 valence electrons. The Morgan fingerprint density at radius 3 is 2.41 bits per heavy atom. The normalized spacial score (nSPS) is 14.9. The Kier molecular flexibility index (Phi) is 6.00. The second-order valence-electron chi connectivity index (χ2n) is 7.41. The van der Waals surface area contributed by atoms with Gasteiger partial charge in [0.25, 0.3) is 0 Å². The predicted molar refractivity (Wildman–Crippen MR) is 113 cm³/mol. The van der Waals surface area contributed by atoms with Crippen LogP contribution < -0.4 is 4.90 Å². The van der Waals surface area contributed by atoms with Crippen molar-refractivity contribution in [3.05, 3.63) is 66.1 Å². The topological polar surface area (TPSA) is 62.5 Å². The first-order valence-corrected chi connectivity index (χ1v) is 10.2. The van der Waals surface area contributed by atoms with Gasteiger partial charge in [-0.15, -0.1) is 0 Å². The van der Waals surface area contributed by atoms with E-state index in [4.69, 9.17) is 4.52 Å². The Morgan fingerprint density at radius 1 is 1.00 bits per heavy atom. The molecule has 2 heterocycles. The summed E-state index contributed by atoms with van der Waals surface area (Å²) in [6.45, 7) is 6.70. The van der Waals surface area contributed by atoms with Crippen molar-refractivity contribution in [3.63, 3.8) is 0 Å². The molecule has 0 bridgehead atoms. The van der Waals surface area contributed by atoms with Gasteiger partial charge in [0.1, 0.15) is 0 Å². The van der Waals surface area contributed by atoms with Crippen LogP contribution in [0.25, 0.3) is 11.4 Å². The van der Waals surface area contributed by atoms with Gasteiger partial charge in [-0.05, 0) is 44.2 Å². The number of anilines is 1. The minimum atomic E-state index is 0.110. The third-order valence-corrected chi connectivity index (χ3v) is 5.38. The molecule has 4 rings (SSSR count). The van der Waals surface area contributed by atoms with E-state index in [0.717, 1.165) is 56.7 Å². The standard InChI is InChI=1S/C23H26N4O2/c1-18(28)19-9-11-21(12-10-19)27-16-14-26(15-17-27)13-5-8-22-24-23(25-29-22)20-6-3-2-4-7-20/h2-4,6-7,9-12H,5,8,13-17H2,1H3. The van der Waals surface area contributed by atoms with E-state index >= 15 is 0 Å². The molecule has 0 radical (unpaired) electrons. The van der Waals surface area contributed by atoms with Crippen LogP contribution in [-0.4, -0.2) is 53.5 Å². The maximum absolute atomic E-state index is 11.4. The van der Waals surface area contributed by atoms with E-state index in [1.807, 2.05) is 54.6 Å². The molecule has 2 aromatic carbocycles. The number of hydrogen-bond donors (Lipinski definition) is 0. The summed E-state index contributed by atoms with van der Waals surface area (Å²) in [5, 5.41) is 4.08. The Hall–Kier alpha value is -2.99. The van der Waals surface area contributed by atoms with Gasteiger partial charge in [-0.2, -0.15) is 4.98 Å². The molecule has 6 nitrogen and oxygen atoms in total. The molecule has 0 atom stereocenters. The lowest BCUT2D eigenvalue weighted by Gasteiger charge is -2.36. The van der Waals surface area contributed by atoms with Crippen LogP contribution >= 0.6 is 0 Å². The molecule has 0 spiro atoms. The van der Waals surface area contributed by atoms with Crippen molar-refractivity contribution in [1.29, 1.82) is 0 Å². The van der Waals surface area contributed by atoms with E-state index < -0.39 is 0 Å². The summed E-state index contributed by atoms with van der Waals surface area (Å²) in [6, 6.07) is 17.8. The van der Waals surface area contributed by atoms with E-state index in [1.54, 1.807) is 6.92 Å². The molecule has 6 heteroatoms. The van der Waals surface area contributed by atoms with Crippen molar-refractivity contribution in [2.75, 3.05) is 37.6 Å². The smallest absolute Gasteiger partial charge is 0.227 e. The Labute approximate surface area is 171 Å². The molecule has 0 unspecified atom stereocenters. The number of Topliss-reactive ketones (excluding diaryl/α,β-unsaturated/α-hetero) is 1. The lowest BCUT2D eigenvalue weighted by Crippen LogP contribution is -2.46. The van der Waals surface area contributed by atoms with Gasteiger partial charge >= 0.3 is 0 Å². The monoisotopic (exact) mass is 390 g/mol. The average molecular weight is 390 g/mol. The van der Waals surface area contributed by atoms with Gasteiger partial charge in [-0.25, -0.2) is 0 Å². The zero-order chi connectivity index (χ0) is 20.1. The molecule has 1 aliphatic rings. The third-order valence-electron chi connectivity index (χ3n) is 5.38. The van der Waals surface area contributed by atoms with Gasteiger partial charge in [-0.3, -0.25) is 9.69 Å². The number of aromatic nitrogens is 2. The molecule has 29 heavy (non-hydrogen) atoms. The Morgan fingerprint density at radius 2 is 1.72 bits per heavy atom. The summed E-state index contributed by atoms with van der Waals surface area (Å²) in [5.41, 5.74) is 2.94. The Balaban J connectivity index is 1.21. The van der Waals surface area contributed by atoms with E-state index in [-0.39, 0.29) is 5.78 Å². The highest BCUT2D eigenvalue weighted by molar-refractivity contribution is 5.94. The van der Waals surface area contributed by atoms with Crippen LogP contribution in [0.3, 0.4) is 0 Å². The highest BCUT2D eigenvalue weighted by Crippen LogP contribution is 2.18. The van der Waals surface area contributed by atoms with Gasteiger partial charge in [0.05, 0.1) is 0 Å². The Bertz CT molecular complexity index is 929. The van der Waals surface area contributed by atoms with Crippen molar-refractivity contribution in [2.24, 2.45) is 0 Å².